The molecular formula is C16H23FN2O3. The van der Waals surface area contributed by atoms with Crippen LogP contribution in [0.15, 0.2) is 18.2 Å². The molecule has 0 aliphatic carbocycles. The first-order valence-electron chi connectivity index (χ1n) is 7.33. The summed E-state index contributed by atoms with van der Waals surface area (Å²) in [6.45, 7) is 1.46. The van der Waals surface area contributed by atoms with Gasteiger partial charge in [-0.3, -0.25) is 9.69 Å². The van der Waals surface area contributed by atoms with E-state index in [-0.39, 0.29) is 17.6 Å². The second-order valence-electron chi connectivity index (χ2n) is 5.97. The van der Waals surface area contributed by atoms with Crippen LogP contribution < -0.4 is 4.74 Å². The number of amides is 1. The van der Waals surface area contributed by atoms with Crippen LogP contribution in [-0.4, -0.2) is 61.2 Å². The van der Waals surface area contributed by atoms with Gasteiger partial charge in [-0.15, -0.1) is 0 Å². The van der Waals surface area contributed by atoms with Gasteiger partial charge in [-0.2, -0.15) is 0 Å². The normalized spacial score (nSPS) is 21.9. The summed E-state index contributed by atoms with van der Waals surface area (Å²) in [7, 11) is 4.90. The van der Waals surface area contributed by atoms with Gasteiger partial charge in [-0.05, 0) is 6.07 Å². The second kappa shape index (κ2) is 7.07. The molecule has 0 bridgehead atoms. The molecule has 1 saturated heterocycles. The Kier molecular flexibility index (Phi) is 5.37. The van der Waals surface area contributed by atoms with Gasteiger partial charge in [-0.25, -0.2) is 4.39 Å². The third-order valence-corrected chi connectivity index (χ3v) is 4.07. The number of ether oxygens (including phenoxy) is 1. The van der Waals surface area contributed by atoms with Gasteiger partial charge in [0.15, 0.2) is 0 Å². The molecule has 5 nitrogen and oxygen atoms in total. The number of nitrogens with zero attached hydrogens (tertiary/aromatic N) is 2. The fourth-order valence-electron chi connectivity index (χ4n) is 2.70. The minimum Gasteiger partial charge on any atom is -0.497 e. The second-order valence-corrected chi connectivity index (χ2v) is 5.97. The lowest BCUT2D eigenvalue weighted by Crippen LogP contribution is -2.28. The zero-order valence-electron chi connectivity index (χ0n) is 13.3. The van der Waals surface area contributed by atoms with Crippen LogP contribution in [0.2, 0.25) is 0 Å². The first kappa shape index (κ1) is 16.7. The fourth-order valence-corrected chi connectivity index (χ4v) is 2.70. The summed E-state index contributed by atoms with van der Waals surface area (Å²) in [5.74, 6) is 0.0663. The predicted octanol–water partition coefficient (Wildman–Crippen LogP) is 1.11. The van der Waals surface area contributed by atoms with Crippen molar-refractivity contribution in [3.8, 4) is 5.75 Å². The average Bonchev–Trinajstić information content (AvgIpc) is 2.81. The van der Waals surface area contributed by atoms with Gasteiger partial charge in [0.2, 0.25) is 5.91 Å². The number of β-amino-alcohol motifs (C(OH)–C–C–N with tert-alkyl or cyclic N) is 1. The Morgan fingerprint density at radius 2 is 2.18 bits per heavy atom. The minimum absolute atomic E-state index is 0.00141. The Bertz CT molecular complexity index is 536. The van der Waals surface area contributed by atoms with Gasteiger partial charge in [0.1, 0.15) is 11.6 Å². The molecule has 1 heterocycles. The monoisotopic (exact) mass is 310 g/mol. The highest BCUT2D eigenvalue weighted by molar-refractivity contribution is 5.75. The van der Waals surface area contributed by atoms with Crippen LogP contribution in [0.3, 0.4) is 0 Å². The number of aliphatic hydroxyl groups excluding tert-OH is 1. The molecule has 1 aromatic rings. The molecule has 0 saturated carbocycles. The lowest BCUT2D eigenvalue weighted by molar-refractivity contribution is -0.130. The third kappa shape index (κ3) is 3.96. The Morgan fingerprint density at radius 1 is 1.45 bits per heavy atom. The molecule has 1 aliphatic rings. The summed E-state index contributed by atoms with van der Waals surface area (Å²) in [5.41, 5.74) is 0.563. The molecule has 122 valence electrons. The van der Waals surface area contributed by atoms with Crippen LogP contribution in [0.4, 0.5) is 4.39 Å². The summed E-state index contributed by atoms with van der Waals surface area (Å²) < 4.78 is 19.0. The van der Waals surface area contributed by atoms with Gasteiger partial charge < -0.3 is 14.7 Å². The van der Waals surface area contributed by atoms with E-state index < -0.39 is 6.10 Å². The Hall–Kier alpha value is -1.66. The molecule has 2 rings (SSSR count). The summed E-state index contributed by atoms with van der Waals surface area (Å²) in [6, 6.07) is 4.77. The summed E-state index contributed by atoms with van der Waals surface area (Å²) in [5, 5.41) is 10.1. The van der Waals surface area contributed by atoms with Crippen LogP contribution in [0.5, 0.6) is 5.75 Å². The summed E-state index contributed by atoms with van der Waals surface area (Å²) in [6.07, 6.45) is -0.235. The topological polar surface area (TPSA) is 53.0 Å². The Morgan fingerprint density at radius 3 is 2.77 bits per heavy atom. The van der Waals surface area contributed by atoms with E-state index in [0.717, 1.165) is 0 Å². The number of benzene rings is 1. The number of hydrogen-bond donors (Lipinski definition) is 1. The number of halogens is 1. The van der Waals surface area contributed by atoms with E-state index in [1.54, 1.807) is 26.2 Å². The van der Waals surface area contributed by atoms with Crippen molar-refractivity contribution in [2.75, 3.05) is 34.3 Å². The molecule has 1 N–H and O–H groups in total. The first-order valence-corrected chi connectivity index (χ1v) is 7.33. The fraction of sp³-hybridized carbons (Fsp3) is 0.562. The standard InChI is InChI=1S/C16H23FN2O3/c1-18(2)16(21)6-12-9-19(10-15(12)20)8-11-4-5-13(22-3)7-14(11)17/h4-5,7,12,15,20H,6,8-10H2,1-3H3/t12-,15-/m0/s1. The minimum atomic E-state index is -0.551. The molecule has 1 aromatic carbocycles. The van der Waals surface area contributed by atoms with Crippen molar-refractivity contribution in [2.45, 2.75) is 19.1 Å². The molecule has 1 aliphatic heterocycles. The number of aliphatic hydroxyl groups is 1. The van der Waals surface area contributed by atoms with Gasteiger partial charge in [0, 0.05) is 57.7 Å². The average molecular weight is 310 g/mol. The van der Waals surface area contributed by atoms with E-state index in [0.29, 0.717) is 37.4 Å². The lowest BCUT2D eigenvalue weighted by atomic mass is 10.0. The van der Waals surface area contributed by atoms with E-state index >= 15 is 0 Å². The Labute approximate surface area is 130 Å². The van der Waals surface area contributed by atoms with E-state index in [2.05, 4.69) is 0 Å². The number of carbonyl (C=O) groups excluding carboxylic acids is 1. The zero-order chi connectivity index (χ0) is 16.3. The molecule has 22 heavy (non-hydrogen) atoms. The predicted molar refractivity (Wildman–Crippen MR) is 81.0 cm³/mol. The van der Waals surface area contributed by atoms with Crippen molar-refractivity contribution >= 4 is 5.91 Å². The molecule has 1 fully saturated rings. The van der Waals surface area contributed by atoms with Crippen molar-refractivity contribution in [1.82, 2.24) is 9.80 Å². The van der Waals surface area contributed by atoms with Crippen molar-refractivity contribution in [2.24, 2.45) is 5.92 Å². The maximum atomic E-state index is 14.0. The molecule has 0 radical (unpaired) electrons. The van der Waals surface area contributed by atoms with E-state index in [4.69, 9.17) is 4.74 Å². The summed E-state index contributed by atoms with van der Waals surface area (Å²) in [4.78, 5) is 15.3. The molecule has 0 unspecified atom stereocenters. The number of hydrogen-bond acceptors (Lipinski definition) is 4. The molecule has 0 aromatic heterocycles. The number of methoxy groups -OCH3 is 1. The quantitative estimate of drug-likeness (QED) is 0.885. The molecule has 0 spiro atoms. The summed E-state index contributed by atoms with van der Waals surface area (Å²) >= 11 is 0. The first-order chi connectivity index (χ1) is 10.4. The highest BCUT2D eigenvalue weighted by Gasteiger charge is 2.33. The van der Waals surface area contributed by atoms with Crippen molar-refractivity contribution in [3.63, 3.8) is 0 Å². The van der Waals surface area contributed by atoms with Crippen LogP contribution in [0, 0.1) is 11.7 Å². The lowest BCUT2D eigenvalue weighted by Gasteiger charge is -2.17. The number of likely N-dealkylation sites (tertiary alicyclic amines) is 1. The van der Waals surface area contributed by atoms with Gasteiger partial charge in [-0.1, -0.05) is 6.07 Å². The van der Waals surface area contributed by atoms with Gasteiger partial charge >= 0.3 is 0 Å². The van der Waals surface area contributed by atoms with Gasteiger partial charge in [0.05, 0.1) is 13.2 Å². The van der Waals surface area contributed by atoms with Gasteiger partial charge in [0.25, 0.3) is 0 Å². The van der Waals surface area contributed by atoms with Crippen molar-refractivity contribution < 1.29 is 19.0 Å². The third-order valence-electron chi connectivity index (χ3n) is 4.07. The number of carbonyl (C=O) groups is 1. The SMILES string of the molecule is COc1ccc(CN2C[C@H](CC(=O)N(C)C)[C@@H](O)C2)c(F)c1. The van der Waals surface area contributed by atoms with Crippen LogP contribution in [-0.2, 0) is 11.3 Å². The van der Waals surface area contributed by atoms with Crippen LogP contribution in [0.1, 0.15) is 12.0 Å². The zero-order valence-corrected chi connectivity index (χ0v) is 13.3. The highest BCUT2D eigenvalue weighted by Crippen LogP contribution is 2.24. The maximum Gasteiger partial charge on any atom is 0.222 e. The van der Waals surface area contributed by atoms with Crippen molar-refractivity contribution in [1.29, 1.82) is 0 Å². The largest absolute Gasteiger partial charge is 0.497 e. The van der Waals surface area contributed by atoms with Crippen LogP contribution >= 0.6 is 0 Å². The van der Waals surface area contributed by atoms with E-state index in [1.165, 1.54) is 18.1 Å². The van der Waals surface area contributed by atoms with Crippen LogP contribution in [0.25, 0.3) is 0 Å². The molecule has 6 heteroatoms. The van der Waals surface area contributed by atoms with E-state index in [1.807, 2.05) is 4.90 Å². The Balaban J connectivity index is 1.96. The molecular weight excluding hydrogens is 287 g/mol. The highest BCUT2D eigenvalue weighted by atomic mass is 19.1. The van der Waals surface area contributed by atoms with Crippen molar-refractivity contribution in [3.05, 3.63) is 29.6 Å². The van der Waals surface area contributed by atoms with E-state index in [9.17, 15) is 14.3 Å². The smallest absolute Gasteiger partial charge is 0.222 e. The molecule has 1 amide bonds. The number of rotatable bonds is 5. The molecule has 2 atom stereocenters. The maximum absolute atomic E-state index is 14.0.